The van der Waals surface area contributed by atoms with Crippen molar-refractivity contribution in [2.24, 2.45) is 5.92 Å². The molecule has 4 rings (SSSR count). The monoisotopic (exact) mass is 434 g/mol. The van der Waals surface area contributed by atoms with E-state index < -0.39 is 0 Å². The number of benzene rings is 2. The van der Waals surface area contributed by atoms with E-state index in [0.29, 0.717) is 23.3 Å². The highest BCUT2D eigenvalue weighted by atomic mass is 16.3. The Morgan fingerprint density at radius 3 is 1.34 bits per heavy atom. The Bertz CT molecular complexity index is 857. The fourth-order valence-electron chi connectivity index (χ4n) is 6.48. The predicted molar refractivity (Wildman–Crippen MR) is 134 cm³/mol. The predicted octanol–water partition coefficient (Wildman–Crippen LogP) is 8.60. The lowest BCUT2D eigenvalue weighted by Gasteiger charge is -2.30. The van der Waals surface area contributed by atoms with E-state index in [0.717, 1.165) is 22.3 Å². The van der Waals surface area contributed by atoms with Crippen LogP contribution >= 0.6 is 0 Å². The van der Waals surface area contributed by atoms with Crippen molar-refractivity contribution in [2.75, 3.05) is 0 Å². The molecule has 32 heavy (non-hydrogen) atoms. The van der Waals surface area contributed by atoms with Gasteiger partial charge in [0.05, 0.1) is 0 Å². The smallest absolute Gasteiger partial charge is 0.122 e. The first-order valence-electron chi connectivity index (χ1n) is 13.0. The third-order valence-electron chi connectivity index (χ3n) is 8.05. The highest BCUT2D eigenvalue weighted by Crippen LogP contribution is 2.48. The molecule has 0 heterocycles. The molecule has 2 N–H and O–H groups in total. The lowest BCUT2D eigenvalue weighted by molar-refractivity contribution is 0.396. The van der Waals surface area contributed by atoms with Gasteiger partial charge in [0.1, 0.15) is 11.5 Å². The normalized spacial score (nSPS) is 18.6. The zero-order valence-corrected chi connectivity index (χ0v) is 20.6. The molecule has 2 heteroatoms. The fourth-order valence-corrected chi connectivity index (χ4v) is 6.48. The summed E-state index contributed by atoms with van der Waals surface area (Å²) in [6.45, 7) is 8.73. The van der Waals surface area contributed by atoms with Gasteiger partial charge in [0, 0.05) is 17.0 Å². The molecule has 2 nitrogen and oxygen atoms in total. The molecule has 2 fully saturated rings. The molecule has 0 aromatic heterocycles. The third-order valence-corrected chi connectivity index (χ3v) is 8.05. The highest BCUT2D eigenvalue weighted by molar-refractivity contribution is 5.55. The average molecular weight is 435 g/mol. The van der Waals surface area contributed by atoms with E-state index in [1.807, 2.05) is 0 Å². The topological polar surface area (TPSA) is 40.5 Å². The molecule has 2 aromatic rings. The minimum absolute atomic E-state index is 0.0144. The molecule has 0 atom stereocenters. The van der Waals surface area contributed by atoms with E-state index in [-0.39, 0.29) is 11.8 Å². The first-order valence-corrected chi connectivity index (χ1v) is 13.0. The zero-order chi connectivity index (χ0) is 22.8. The molecule has 0 saturated heterocycles. The van der Waals surface area contributed by atoms with Crippen LogP contribution in [0.25, 0.3) is 0 Å². The van der Waals surface area contributed by atoms with Crippen molar-refractivity contribution in [3.8, 4) is 11.5 Å². The number of aryl methyl sites for hydroxylation is 2. The molecule has 0 aliphatic heterocycles. The second kappa shape index (κ2) is 9.89. The Hall–Kier alpha value is -1.96. The molecule has 2 aliphatic rings. The van der Waals surface area contributed by atoms with Crippen molar-refractivity contribution in [3.05, 3.63) is 57.6 Å². The van der Waals surface area contributed by atoms with Crippen LogP contribution in [-0.4, -0.2) is 10.2 Å². The molecule has 0 unspecified atom stereocenters. The average Bonchev–Trinajstić information content (AvgIpc) is 2.79. The van der Waals surface area contributed by atoms with Gasteiger partial charge < -0.3 is 10.2 Å². The Morgan fingerprint density at radius 2 is 1.00 bits per heavy atom. The first-order chi connectivity index (χ1) is 15.4. The second-order valence-electron chi connectivity index (χ2n) is 11.0. The van der Waals surface area contributed by atoms with E-state index in [2.05, 4.69) is 52.0 Å². The molecule has 0 spiro atoms. The van der Waals surface area contributed by atoms with Gasteiger partial charge in [-0.1, -0.05) is 87.8 Å². The maximum atomic E-state index is 11.5. The van der Waals surface area contributed by atoms with Crippen LogP contribution in [0.2, 0.25) is 0 Å². The summed E-state index contributed by atoms with van der Waals surface area (Å²) >= 11 is 0. The Balaban J connectivity index is 1.81. The third kappa shape index (κ3) is 4.70. The zero-order valence-electron chi connectivity index (χ0n) is 20.6. The number of phenols is 2. The van der Waals surface area contributed by atoms with Crippen LogP contribution in [0, 0.1) is 19.8 Å². The largest absolute Gasteiger partial charge is 0.507 e. The van der Waals surface area contributed by atoms with Crippen LogP contribution in [0.15, 0.2) is 24.3 Å². The van der Waals surface area contributed by atoms with Gasteiger partial charge in [0.25, 0.3) is 0 Å². The van der Waals surface area contributed by atoms with Crippen LogP contribution in [0.5, 0.6) is 11.5 Å². The first kappa shape index (κ1) is 23.2. The van der Waals surface area contributed by atoms with Crippen LogP contribution < -0.4 is 0 Å². The van der Waals surface area contributed by atoms with Gasteiger partial charge in [-0.05, 0) is 68.4 Å². The summed E-state index contributed by atoms with van der Waals surface area (Å²) in [6, 6.07) is 8.73. The number of aromatic hydroxyl groups is 2. The Morgan fingerprint density at radius 1 is 0.625 bits per heavy atom. The van der Waals surface area contributed by atoms with Gasteiger partial charge in [-0.25, -0.2) is 0 Å². The van der Waals surface area contributed by atoms with Crippen molar-refractivity contribution < 1.29 is 10.2 Å². The van der Waals surface area contributed by atoms with Gasteiger partial charge in [0.2, 0.25) is 0 Å². The summed E-state index contributed by atoms with van der Waals surface area (Å²) in [5, 5.41) is 23.1. The van der Waals surface area contributed by atoms with Crippen molar-refractivity contribution in [3.63, 3.8) is 0 Å². The summed E-state index contributed by atoms with van der Waals surface area (Å²) in [6.07, 6.45) is 12.3. The lowest BCUT2D eigenvalue weighted by Crippen LogP contribution is -2.14. The number of phenolic OH excluding ortho intramolecular Hbond substituents is 2. The van der Waals surface area contributed by atoms with Crippen molar-refractivity contribution in [1.29, 1.82) is 0 Å². The van der Waals surface area contributed by atoms with Crippen LogP contribution in [0.4, 0.5) is 0 Å². The van der Waals surface area contributed by atoms with Crippen LogP contribution in [0.1, 0.15) is 129 Å². The maximum absolute atomic E-state index is 11.5. The lowest BCUT2D eigenvalue weighted by atomic mass is 9.75. The van der Waals surface area contributed by atoms with Gasteiger partial charge in [-0.3, -0.25) is 0 Å². The van der Waals surface area contributed by atoms with Gasteiger partial charge in [0.15, 0.2) is 0 Å². The second-order valence-corrected chi connectivity index (χ2v) is 11.0. The number of hydrogen-bond donors (Lipinski definition) is 2. The molecule has 0 amide bonds. The minimum Gasteiger partial charge on any atom is -0.507 e. The molecule has 2 aliphatic carbocycles. The number of hydrogen-bond acceptors (Lipinski definition) is 2. The van der Waals surface area contributed by atoms with Crippen LogP contribution in [-0.2, 0) is 0 Å². The summed E-state index contributed by atoms with van der Waals surface area (Å²) in [4.78, 5) is 0. The van der Waals surface area contributed by atoms with E-state index in [1.165, 1.54) is 75.3 Å². The molecule has 174 valence electrons. The van der Waals surface area contributed by atoms with Gasteiger partial charge in [-0.15, -0.1) is 0 Å². The molecular formula is C30H42O2. The SMILES string of the molecule is Cc1cc(C2CCCCC2)c(O)c(C(c2cc(C)cc(C3CCCCC3)c2O)C(C)C)c1. The van der Waals surface area contributed by atoms with Crippen molar-refractivity contribution in [2.45, 2.75) is 110 Å². The number of rotatable bonds is 5. The summed E-state index contributed by atoms with van der Waals surface area (Å²) in [7, 11) is 0. The minimum atomic E-state index is -0.0144. The Labute approximate surface area is 195 Å². The van der Waals surface area contributed by atoms with Crippen molar-refractivity contribution in [1.82, 2.24) is 0 Å². The van der Waals surface area contributed by atoms with E-state index >= 15 is 0 Å². The maximum Gasteiger partial charge on any atom is 0.122 e. The molecule has 2 saturated carbocycles. The fraction of sp³-hybridized carbons (Fsp3) is 0.600. The molecule has 0 bridgehead atoms. The summed E-state index contributed by atoms with van der Waals surface area (Å²) in [5.74, 6) is 2.12. The quantitative estimate of drug-likeness (QED) is 0.494. The van der Waals surface area contributed by atoms with Gasteiger partial charge in [-0.2, -0.15) is 0 Å². The van der Waals surface area contributed by atoms with Gasteiger partial charge >= 0.3 is 0 Å². The standard InChI is InChI=1S/C30H42O2/c1-19(2)28(26-17-20(3)15-24(29(26)31)22-11-7-5-8-12-22)27-18-21(4)16-25(30(27)32)23-13-9-6-10-14-23/h15-19,22-23,28,31-32H,5-14H2,1-4H3. The highest BCUT2D eigenvalue weighted by Gasteiger charge is 2.30. The van der Waals surface area contributed by atoms with E-state index in [1.54, 1.807) is 0 Å². The molecule has 0 radical (unpaired) electrons. The van der Waals surface area contributed by atoms with E-state index in [4.69, 9.17) is 0 Å². The molecular weight excluding hydrogens is 392 g/mol. The summed E-state index contributed by atoms with van der Waals surface area (Å²) < 4.78 is 0. The van der Waals surface area contributed by atoms with Crippen LogP contribution in [0.3, 0.4) is 0 Å². The van der Waals surface area contributed by atoms with Crippen molar-refractivity contribution >= 4 is 0 Å². The Kier molecular flexibility index (Phi) is 7.17. The summed E-state index contributed by atoms with van der Waals surface area (Å²) in [5.41, 5.74) is 6.68. The van der Waals surface area contributed by atoms with E-state index in [9.17, 15) is 10.2 Å². The molecule has 2 aromatic carbocycles.